The number of anilines is 3. The summed E-state index contributed by atoms with van der Waals surface area (Å²) >= 11 is 0. The monoisotopic (exact) mass is 742 g/mol. The highest BCUT2D eigenvalue weighted by atomic mass is 15.1. The van der Waals surface area contributed by atoms with Crippen LogP contribution >= 0.6 is 0 Å². The van der Waals surface area contributed by atoms with Crippen molar-refractivity contribution in [1.82, 2.24) is 4.57 Å². The van der Waals surface area contributed by atoms with Gasteiger partial charge in [-0.05, 0) is 86.1 Å². The third-order valence-electron chi connectivity index (χ3n) is 12.1. The van der Waals surface area contributed by atoms with Gasteiger partial charge in [0, 0.05) is 32.7 Å². The summed E-state index contributed by atoms with van der Waals surface area (Å²) in [7, 11) is 0. The summed E-state index contributed by atoms with van der Waals surface area (Å²) in [4.78, 5) is 2.52. The Kier molecular flexibility index (Phi) is 7.78. The fourth-order valence-electron chi connectivity index (χ4n) is 9.31. The maximum Gasteiger partial charge on any atom is 0.0541 e. The Morgan fingerprint density at radius 1 is 0.379 bits per heavy atom. The molecule has 0 unspecified atom stereocenters. The number of hydrogen-bond acceptors (Lipinski definition) is 1. The van der Waals surface area contributed by atoms with Crippen LogP contribution in [0.1, 0.15) is 26.3 Å². The Balaban J connectivity index is 1.23. The predicted octanol–water partition coefficient (Wildman–Crippen LogP) is 15.8. The van der Waals surface area contributed by atoms with E-state index >= 15 is 0 Å². The van der Waals surface area contributed by atoms with Gasteiger partial charge in [0.1, 0.15) is 0 Å². The van der Waals surface area contributed by atoms with Crippen LogP contribution in [-0.4, -0.2) is 4.57 Å². The maximum absolute atomic E-state index is 2.52. The van der Waals surface area contributed by atoms with Crippen molar-refractivity contribution < 1.29 is 0 Å². The lowest BCUT2D eigenvalue weighted by Crippen LogP contribution is -2.15. The van der Waals surface area contributed by atoms with Crippen LogP contribution in [0.3, 0.4) is 0 Å². The maximum atomic E-state index is 2.52. The summed E-state index contributed by atoms with van der Waals surface area (Å²) in [6, 6.07) is 73.9. The Morgan fingerprint density at radius 2 is 0.879 bits per heavy atom. The number of aromatic nitrogens is 1. The third kappa shape index (κ3) is 5.33. The van der Waals surface area contributed by atoms with Gasteiger partial charge in [-0.25, -0.2) is 0 Å². The molecule has 58 heavy (non-hydrogen) atoms. The minimum Gasteiger partial charge on any atom is -0.309 e. The summed E-state index contributed by atoms with van der Waals surface area (Å²) in [5.74, 6) is 0. The van der Waals surface area contributed by atoms with Crippen LogP contribution in [0, 0.1) is 0 Å². The Hall–Kier alpha value is -7.16. The van der Waals surface area contributed by atoms with Crippen molar-refractivity contribution in [3.8, 4) is 27.9 Å². The zero-order valence-electron chi connectivity index (χ0n) is 32.9. The lowest BCUT2D eigenvalue weighted by atomic mass is 9.84. The molecule has 2 heteroatoms. The van der Waals surface area contributed by atoms with Gasteiger partial charge in [-0.2, -0.15) is 0 Å². The normalized spacial score (nSPS) is 12.1. The first-order valence-electron chi connectivity index (χ1n) is 20.3. The number of fused-ring (bicyclic) bond motifs is 3. The van der Waals surface area contributed by atoms with Gasteiger partial charge in [-0.1, -0.05) is 178 Å². The van der Waals surface area contributed by atoms with E-state index in [-0.39, 0.29) is 5.41 Å². The molecular weight excluding hydrogens is 701 g/mol. The lowest BCUT2D eigenvalue weighted by molar-refractivity contribution is 0.590. The highest BCUT2D eigenvalue weighted by Crippen LogP contribution is 2.50. The number of nitrogens with zero attached hydrogens (tertiary/aromatic N) is 2. The van der Waals surface area contributed by atoms with Gasteiger partial charge < -0.3 is 9.47 Å². The van der Waals surface area contributed by atoms with Gasteiger partial charge >= 0.3 is 0 Å². The molecular formula is C56H42N2. The molecule has 0 amide bonds. The molecule has 0 spiro atoms. The van der Waals surface area contributed by atoms with Crippen molar-refractivity contribution in [3.63, 3.8) is 0 Å². The van der Waals surface area contributed by atoms with Crippen molar-refractivity contribution >= 4 is 71.2 Å². The van der Waals surface area contributed by atoms with Crippen molar-refractivity contribution in [2.45, 2.75) is 26.2 Å². The molecule has 1 heterocycles. The van der Waals surface area contributed by atoms with Gasteiger partial charge in [-0.15, -0.1) is 0 Å². The third-order valence-corrected chi connectivity index (χ3v) is 12.1. The summed E-state index contributed by atoms with van der Waals surface area (Å²) in [6.45, 7) is 6.90. The molecule has 0 aliphatic carbocycles. The molecule has 0 saturated heterocycles. The largest absolute Gasteiger partial charge is 0.309 e. The van der Waals surface area contributed by atoms with Crippen LogP contribution in [0.5, 0.6) is 0 Å². The van der Waals surface area contributed by atoms with Crippen molar-refractivity contribution in [2.24, 2.45) is 0 Å². The molecule has 0 N–H and O–H groups in total. The molecule has 276 valence electrons. The molecule has 10 aromatic carbocycles. The van der Waals surface area contributed by atoms with Crippen LogP contribution in [-0.2, 0) is 5.41 Å². The van der Waals surface area contributed by atoms with Crippen LogP contribution in [0.4, 0.5) is 17.1 Å². The lowest BCUT2D eigenvalue weighted by Gasteiger charge is -2.32. The second kappa shape index (κ2) is 13.2. The SMILES string of the molecule is CC(C)(C)c1ccc(N(c2ccccc2-c2ccccc2)c2ccc3ccc4c(-n5c6ccccc6c6ccccc65)ccc5ccc2c3c54)c(-c2ccccc2)c1. The first-order chi connectivity index (χ1) is 28.4. The predicted molar refractivity (Wildman–Crippen MR) is 249 cm³/mol. The van der Waals surface area contributed by atoms with Gasteiger partial charge in [0.2, 0.25) is 0 Å². The van der Waals surface area contributed by atoms with Crippen LogP contribution in [0.2, 0.25) is 0 Å². The molecule has 0 fully saturated rings. The molecule has 0 aliphatic heterocycles. The summed E-state index contributed by atoms with van der Waals surface area (Å²) in [5.41, 5.74) is 13.1. The molecule has 1 aromatic heterocycles. The highest BCUT2D eigenvalue weighted by molar-refractivity contribution is 6.27. The van der Waals surface area contributed by atoms with Gasteiger partial charge in [-0.3, -0.25) is 0 Å². The quantitative estimate of drug-likeness (QED) is 0.154. The Labute approximate surface area is 339 Å². The number of benzene rings is 10. The fraction of sp³-hybridized carbons (Fsp3) is 0.0714. The van der Waals surface area contributed by atoms with Crippen molar-refractivity contribution in [3.05, 3.63) is 206 Å². The van der Waals surface area contributed by atoms with Crippen LogP contribution in [0.15, 0.2) is 200 Å². The van der Waals surface area contributed by atoms with E-state index < -0.39 is 0 Å². The Bertz CT molecular complexity index is 3260. The molecule has 0 aliphatic rings. The Morgan fingerprint density at radius 3 is 1.55 bits per heavy atom. The number of hydrogen-bond donors (Lipinski definition) is 0. The summed E-state index contributed by atoms with van der Waals surface area (Å²) < 4.78 is 2.46. The zero-order valence-corrected chi connectivity index (χ0v) is 32.9. The van der Waals surface area contributed by atoms with Crippen LogP contribution < -0.4 is 4.90 Å². The topological polar surface area (TPSA) is 8.17 Å². The van der Waals surface area contributed by atoms with E-state index in [0.717, 1.165) is 17.1 Å². The van der Waals surface area contributed by atoms with E-state index in [1.165, 1.54) is 87.6 Å². The molecule has 0 radical (unpaired) electrons. The van der Waals surface area contributed by atoms with Crippen LogP contribution in [0.25, 0.3) is 82.1 Å². The summed E-state index contributed by atoms with van der Waals surface area (Å²) in [6.07, 6.45) is 0. The second-order valence-electron chi connectivity index (χ2n) is 16.5. The molecule has 11 rings (SSSR count). The molecule has 11 aromatic rings. The first kappa shape index (κ1) is 34.1. The van der Waals surface area contributed by atoms with Gasteiger partial charge in [0.25, 0.3) is 0 Å². The molecule has 0 bridgehead atoms. The first-order valence-corrected chi connectivity index (χ1v) is 20.3. The number of para-hydroxylation sites is 3. The van der Waals surface area contributed by atoms with Crippen molar-refractivity contribution in [2.75, 3.05) is 4.90 Å². The average Bonchev–Trinajstić information content (AvgIpc) is 3.60. The zero-order chi connectivity index (χ0) is 39.0. The summed E-state index contributed by atoms with van der Waals surface area (Å²) in [5, 5.41) is 10.1. The fourth-order valence-corrected chi connectivity index (χ4v) is 9.31. The average molecular weight is 743 g/mol. The molecule has 0 atom stereocenters. The van der Waals surface area contributed by atoms with E-state index in [1.54, 1.807) is 0 Å². The minimum absolute atomic E-state index is 0.0179. The standard InChI is InChI=1S/C56H42N2/c1-56(2,3)41-30-35-53(47(36-41)38-18-8-5-9-19-38)57(48-23-13-10-20-42(48)37-16-6-4-7-17-37)51-33-28-39-27-32-46-52(34-29-40-26-31-45(51)54(39)55(40)46)58-49-24-14-11-21-43(49)44-22-12-15-25-50(44)58/h4-36H,1-3H3. The van der Waals surface area contributed by atoms with E-state index in [2.05, 4.69) is 230 Å². The smallest absolute Gasteiger partial charge is 0.0541 e. The van der Waals surface area contributed by atoms with E-state index in [4.69, 9.17) is 0 Å². The van der Waals surface area contributed by atoms with E-state index in [1.807, 2.05) is 0 Å². The van der Waals surface area contributed by atoms with Gasteiger partial charge in [0.15, 0.2) is 0 Å². The van der Waals surface area contributed by atoms with Crippen molar-refractivity contribution in [1.29, 1.82) is 0 Å². The second-order valence-corrected chi connectivity index (χ2v) is 16.5. The minimum atomic E-state index is -0.0179. The van der Waals surface area contributed by atoms with E-state index in [9.17, 15) is 0 Å². The van der Waals surface area contributed by atoms with Gasteiger partial charge in [0.05, 0.1) is 33.8 Å². The number of rotatable bonds is 6. The van der Waals surface area contributed by atoms with E-state index in [0.29, 0.717) is 0 Å². The molecule has 2 nitrogen and oxygen atoms in total. The highest BCUT2D eigenvalue weighted by Gasteiger charge is 2.26. The molecule has 0 saturated carbocycles.